The topological polar surface area (TPSA) is 53.4 Å². The molecule has 1 aromatic carbocycles. The molecule has 0 aliphatic heterocycles. The van der Waals surface area contributed by atoms with Gasteiger partial charge in [-0.3, -0.25) is 9.78 Å². The number of hydrogen-bond acceptors (Lipinski definition) is 3. The van der Waals surface area contributed by atoms with E-state index < -0.39 is 0 Å². The van der Waals surface area contributed by atoms with Gasteiger partial charge in [-0.25, -0.2) is 0 Å². The van der Waals surface area contributed by atoms with Crippen LogP contribution in [0.15, 0.2) is 36.4 Å². The van der Waals surface area contributed by atoms with Gasteiger partial charge in [0.1, 0.15) is 5.75 Å². The largest absolute Gasteiger partial charge is 0.508 e. The number of phenols is 1. The molecule has 0 radical (unpaired) electrons. The first-order chi connectivity index (χ1) is 10.0. The van der Waals surface area contributed by atoms with Gasteiger partial charge in [0.2, 0.25) is 0 Å². The summed E-state index contributed by atoms with van der Waals surface area (Å²) in [6, 6.07) is 10.8. The zero-order valence-corrected chi connectivity index (χ0v) is 12.6. The van der Waals surface area contributed by atoms with Crippen molar-refractivity contribution in [3.05, 3.63) is 58.9 Å². The molecule has 0 spiro atoms. The highest BCUT2D eigenvalue weighted by atomic mass is 16.3. The lowest BCUT2D eigenvalue weighted by molar-refractivity contribution is 0.0750. The molecule has 0 saturated heterocycles. The number of amides is 1. The number of pyridine rings is 1. The van der Waals surface area contributed by atoms with Gasteiger partial charge in [-0.1, -0.05) is 12.1 Å². The summed E-state index contributed by atoms with van der Waals surface area (Å²) in [5, 5.41) is 9.75. The quantitative estimate of drug-likeness (QED) is 0.938. The molecule has 0 aliphatic rings. The van der Waals surface area contributed by atoms with Gasteiger partial charge in [-0.05, 0) is 50.6 Å². The molecule has 0 saturated carbocycles. The maximum absolute atomic E-state index is 12.5. The fourth-order valence-corrected chi connectivity index (χ4v) is 2.14. The van der Waals surface area contributed by atoms with E-state index in [4.69, 9.17) is 0 Å². The molecule has 1 aromatic heterocycles. The van der Waals surface area contributed by atoms with Gasteiger partial charge < -0.3 is 10.0 Å². The second-order valence-corrected chi connectivity index (χ2v) is 5.09. The Bertz CT molecular complexity index is 653. The average molecular weight is 284 g/mol. The van der Waals surface area contributed by atoms with Crippen molar-refractivity contribution >= 4 is 5.91 Å². The van der Waals surface area contributed by atoms with E-state index in [9.17, 15) is 9.90 Å². The predicted molar refractivity (Wildman–Crippen MR) is 82.2 cm³/mol. The van der Waals surface area contributed by atoms with Gasteiger partial charge in [0.25, 0.3) is 5.91 Å². The summed E-state index contributed by atoms with van der Waals surface area (Å²) >= 11 is 0. The minimum Gasteiger partial charge on any atom is -0.508 e. The molecule has 4 heteroatoms. The number of benzene rings is 1. The van der Waals surface area contributed by atoms with E-state index in [2.05, 4.69) is 4.98 Å². The third kappa shape index (κ3) is 3.60. The third-order valence-corrected chi connectivity index (χ3v) is 3.42. The van der Waals surface area contributed by atoms with E-state index in [1.807, 2.05) is 32.0 Å². The molecule has 0 bridgehead atoms. The Kier molecular flexibility index (Phi) is 4.58. The second-order valence-electron chi connectivity index (χ2n) is 5.09. The van der Waals surface area contributed by atoms with E-state index in [0.29, 0.717) is 18.7 Å². The molecule has 0 fully saturated rings. The summed E-state index contributed by atoms with van der Waals surface area (Å²) in [5.74, 6) is 0.0432. The van der Waals surface area contributed by atoms with Crippen molar-refractivity contribution in [1.82, 2.24) is 9.88 Å². The van der Waals surface area contributed by atoms with Crippen LogP contribution in [0, 0.1) is 13.8 Å². The van der Waals surface area contributed by atoms with Crippen LogP contribution in [0.5, 0.6) is 5.75 Å². The lowest BCUT2D eigenvalue weighted by Gasteiger charge is -2.21. The Morgan fingerprint density at radius 2 is 2.00 bits per heavy atom. The van der Waals surface area contributed by atoms with Crippen LogP contribution in [0.3, 0.4) is 0 Å². The Morgan fingerprint density at radius 1 is 1.24 bits per heavy atom. The van der Waals surface area contributed by atoms with Crippen molar-refractivity contribution in [2.45, 2.75) is 27.3 Å². The van der Waals surface area contributed by atoms with Gasteiger partial charge in [-0.15, -0.1) is 0 Å². The van der Waals surface area contributed by atoms with Crippen molar-refractivity contribution in [1.29, 1.82) is 0 Å². The van der Waals surface area contributed by atoms with E-state index in [1.165, 1.54) is 6.07 Å². The number of aromatic hydroxyl groups is 1. The summed E-state index contributed by atoms with van der Waals surface area (Å²) in [4.78, 5) is 18.7. The Balaban J connectivity index is 2.20. The van der Waals surface area contributed by atoms with Gasteiger partial charge in [0.15, 0.2) is 0 Å². The summed E-state index contributed by atoms with van der Waals surface area (Å²) < 4.78 is 0. The van der Waals surface area contributed by atoms with Gasteiger partial charge in [-0.2, -0.15) is 0 Å². The lowest BCUT2D eigenvalue weighted by Crippen LogP contribution is -2.30. The molecule has 0 unspecified atom stereocenters. The zero-order chi connectivity index (χ0) is 15.4. The first-order valence-electron chi connectivity index (χ1n) is 7.02. The molecule has 1 N–H and O–H groups in total. The van der Waals surface area contributed by atoms with Gasteiger partial charge >= 0.3 is 0 Å². The van der Waals surface area contributed by atoms with Crippen LogP contribution in [0.1, 0.15) is 34.2 Å². The number of nitrogens with zero attached hydrogens (tertiary/aromatic N) is 2. The number of carbonyl (C=O) groups is 1. The molecule has 0 atom stereocenters. The first-order valence-corrected chi connectivity index (χ1v) is 7.02. The molecule has 4 nitrogen and oxygen atoms in total. The molecule has 1 heterocycles. The SMILES string of the molecule is CCN(Cc1cccc(C)n1)C(=O)c1ccc(C)c(O)c1. The Morgan fingerprint density at radius 3 is 2.62 bits per heavy atom. The van der Waals surface area contributed by atoms with Gasteiger partial charge in [0.05, 0.1) is 12.2 Å². The minimum atomic E-state index is -0.101. The van der Waals surface area contributed by atoms with Crippen molar-refractivity contribution in [2.75, 3.05) is 6.54 Å². The van der Waals surface area contributed by atoms with Crippen molar-refractivity contribution in [3.63, 3.8) is 0 Å². The maximum atomic E-state index is 12.5. The summed E-state index contributed by atoms with van der Waals surface area (Å²) in [7, 11) is 0. The number of aryl methyl sites for hydroxylation is 2. The zero-order valence-electron chi connectivity index (χ0n) is 12.6. The Hall–Kier alpha value is -2.36. The van der Waals surface area contributed by atoms with Crippen LogP contribution in [0.4, 0.5) is 0 Å². The van der Waals surface area contributed by atoms with E-state index >= 15 is 0 Å². The van der Waals surface area contributed by atoms with Crippen LogP contribution in [0.25, 0.3) is 0 Å². The molecule has 1 amide bonds. The Labute approximate surface area is 125 Å². The molecule has 21 heavy (non-hydrogen) atoms. The molecular weight excluding hydrogens is 264 g/mol. The number of rotatable bonds is 4. The second kappa shape index (κ2) is 6.39. The molecular formula is C17H20N2O2. The first kappa shape index (κ1) is 15.0. The number of carbonyl (C=O) groups excluding carboxylic acids is 1. The van der Waals surface area contributed by atoms with E-state index in [-0.39, 0.29) is 11.7 Å². The van der Waals surface area contributed by atoms with E-state index in [1.54, 1.807) is 24.0 Å². The minimum absolute atomic E-state index is 0.101. The monoisotopic (exact) mass is 284 g/mol. The van der Waals surface area contributed by atoms with Crippen LogP contribution in [-0.2, 0) is 6.54 Å². The molecule has 110 valence electrons. The standard InChI is InChI=1S/C17H20N2O2/c1-4-19(11-15-7-5-6-13(3)18-15)17(21)14-9-8-12(2)16(20)10-14/h5-10,20H,4,11H2,1-3H3. The molecule has 2 aromatic rings. The van der Waals surface area contributed by atoms with Crippen molar-refractivity contribution < 1.29 is 9.90 Å². The van der Waals surface area contributed by atoms with Crippen LogP contribution >= 0.6 is 0 Å². The highest BCUT2D eigenvalue weighted by molar-refractivity contribution is 5.94. The highest BCUT2D eigenvalue weighted by Gasteiger charge is 2.16. The van der Waals surface area contributed by atoms with Crippen LogP contribution in [-0.4, -0.2) is 27.4 Å². The number of phenolic OH excluding ortho intramolecular Hbond substituents is 1. The van der Waals surface area contributed by atoms with Crippen molar-refractivity contribution in [3.8, 4) is 5.75 Å². The smallest absolute Gasteiger partial charge is 0.254 e. The number of aromatic nitrogens is 1. The van der Waals surface area contributed by atoms with Crippen LogP contribution < -0.4 is 0 Å². The van der Waals surface area contributed by atoms with E-state index in [0.717, 1.165) is 17.0 Å². The van der Waals surface area contributed by atoms with Crippen LogP contribution in [0.2, 0.25) is 0 Å². The summed E-state index contributed by atoms with van der Waals surface area (Å²) in [6.45, 7) is 6.72. The normalized spacial score (nSPS) is 10.4. The van der Waals surface area contributed by atoms with Gasteiger partial charge in [0, 0.05) is 17.8 Å². The summed E-state index contributed by atoms with van der Waals surface area (Å²) in [6.07, 6.45) is 0. The maximum Gasteiger partial charge on any atom is 0.254 e. The fourth-order valence-electron chi connectivity index (χ4n) is 2.14. The molecule has 2 rings (SSSR count). The van der Waals surface area contributed by atoms with Crippen molar-refractivity contribution in [2.24, 2.45) is 0 Å². The highest BCUT2D eigenvalue weighted by Crippen LogP contribution is 2.19. The lowest BCUT2D eigenvalue weighted by atomic mass is 10.1. The molecule has 0 aliphatic carbocycles. The predicted octanol–water partition coefficient (Wildman–Crippen LogP) is 3.07. The third-order valence-electron chi connectivity index (χ3n) is 3.42. The fraction of sp³-hybridized carbons (Fsp3) is 0.294. The number of hydrogen-bond donors (Lipinski definition) is 1. The average Bonchev–Trinajstić information content (AvgIpc) is 2.47. The summed E-state index contributed by atoms with van der Waals surface area (Å²) in [5.41, 5.74) is 3.05.